The Morgan fingerprint density at radius 1 is 0.957 bits per heavy atom. The van der Waals surface area contributed by atoms with E-state index in [-0.39, 0.29) is 36.7 Å². The number of nitrogens with two attached hydrogens (primary N) is 1. The smallest absolute Gasteiger partial charge is 0.310 e. The number of epoxide rings is 1. The van der Waals surface area contributed by atoms with Crippen molar-refractivity contribution in [2.24, 2.45) is 17.6 Å². The van der Waals surface area contributed by atoms with Crippen molar-refractivity contribution >= 4 is 29.1 Å². The Morgan fingerprint density at radius 2 is 1.61 bits per heavy atom. The molecule has 2 amide bonds. The van der Waals surface area contributed by atoms with Crippen LogP contribution in [0.1, 0.15) is 41.5 Å². The second-order valence-electron chi connectivity index (χ2n) is 11.9. The number of ether oxygens (including phenoxy) is 1. The maximum absolute atomic E-state index is 13.7. The second kappa shape index (κ2) is 13.9. The summed E-state index contributed by atoms with van der Waals surface area (Å²) in [5.41, 5.74) is 8.61. The fraction of sp³-hybridized carbons (Fsp3) is 0.353. The van der Waals surface area contributed by atoms with E-state index in [0.29, 0.717) is 31.2 Å². The molecule has 3 aromatic carbocycles. The summed E-state index contributed by atoms with van der Waals surface area (Å²) in [6.07, 6.45) is -0.0584. The average molecular weight is 630 g/mol. The van der Waals surface area contributed by atoms with Crippen molar-refractivity contribution in [3.8, 4) is 11.5 Å². The van der Waals surface area contributed by atoms with Gasteiger partial charge in [0.25, 0.3) is 5.91 Å². The Kier molecular flexibility index (Phi) is 9.76. The third-order valence-electron chi connectivity index (χ3n) is 8.71. The van der Waals surface area contributed by atoms with Gasteiger partial charge in [-0.1, -0.05) is 42.5 Å². The number of rotatable bonds is 15. The van der Waals surface area contributed by atoms with E-state index in [1.165, 1.54) is 6.07 Å². The molecule has 240 valence electrons. The van der Waals surface area contributed by atoms with Gasteiger partial charge < -0.3 is 26.0 Å². The number of Topliss-reactive ketones (excluding diaryl/α,β-unsaturated/α-hetero) is 2. The van der Waals surface area contributed by atoms with Gasteiger partial charge in [-0.15, -0.1) is 0 Å². The maximum atomic E-state index is 13.7. The number of carbonyl (C=O) groups is 4. The third-order valence-corrected chi connectivity index (χ3v) is 8.71. The van der Waals surface area contributed by atoms with E-state index < -0.39 is 58.1 Å². The molecule has 5 rings (SSSR count). The number of aryl methyl sites for hydroxylation is 1. The molecule has 5 N–H and O–H groups in total. The molecule has 0 aromatic heterocycles. The van der Waals surface area contributed by atoms with Gasteiger partial charge in [-0.05, 0) is 78.5 Å². The largest absolute Gasteiger partial charge is 0.508 e. The molecule has 3 aromatic rings. The lowest BCUT2D eigenvalue weighted by Crippen LogP contribution is -2.46. The first kappa shape index (κ1) is 32.3. The van der Waals surface area contributed by atoms with Crippen LogP contribution in [0.2, 0.25) is 0 Å². The van der Waals surface area contributed by atoms with E-state index in [9.17, 15) is 39.5 Å². The summed E-state index contributed by atoms with van der Waals surface area (Å²) in [5.74, 6) is -3.50. The zero-order chi connectivity index (χ0) is 33.0. The third kappa shape index (κ3) is 7.75. The number of hydrogen-bond acceptors (Lipinski definition) is 9. The lowest BCUT2D eigenvalue weighted by atomic mass is 9.83. The summed E-state index contributed by atoms with van der Waals surface area (Å²) in [6.45, 7) is 0. The number of phenols is 2. The van der Waals surface area contributed by atoms with E-state index in [2.05, 4.69) is 5.32 Å². The van der Waals surface area contributed by atoms with Gasteiger partial charge in [0.1, 0.15) is 5.75 Å². The fourth-order valence-corrected chi connectivity index (χ4v) is 6.14. The molecule has 0 saturated carbocycles. The molecule has 2 aliphatic rings. The van der Waals surface area contributed by atoms with Crippen LogP contribution in [0, 0.1) is 22.0 Å². The first-order valence-corrected chi connectivity index (χ1v) is 15.1. The summed E-state index contributed by atoms with van der Waals surface area (Å²) < 4.78 is 5.39. The standard InChI is InChI=1S/C34H35N3O9/c35-33(42)25(23-16-21-5-1-2-6-22(21)17-23)18-30(41)26(14-20-10-13-28(39)27(15-20)37(44)45)36-34(43)32-31(46-32)29(40)7-3-4-19-8-11-24(38)12-9-19/h1-2,5-6,8-13,15,23,25-26,31-32,38-39H,3-4,7,14,16-18H2,(H2,35,42)(H,36,43)/t25-,26-,31-,32?/m1/s1. The first-order valence-electron chi connectivity index (χ1n) is 15.1. The van der Waals surface area contributed by atoms with Crippen molar-refractivity contribution < 1.29 is 39.1 Å². The van der Waals surface area contributed by atoms with Gasteiger partial charge >= 0.3 is 5.69 Å². The molecule has 1 saturated heterocycles. The van der Waals surface area contributed by atoms with Gasteiger partial charge in [-0.25, -0.2) is 0 Å². The highest BCUT2D eigenvalue weighted by atomic mass is 16.6. The maximum Gasteiger partial charge on any atom is 0.310 e. The monoisotopic (exact) mass is 629 g/mol. The van der Waals surface area contributed by atoms with Crippen molar-refractivity contribution in [1.82, 2.24) is 5.32 Å². The predicted octanol–water partition coefficient (Wildman–Crippen LogP) is 2.87. The fourth-order valence-electron chi connectivity index (χ4n) is 6.14. The molecule has 0 radical (unpaired) electrons. The molecule has 1 heterocycles. The predicted molar refractivity (Wildman–Crippen MR) is 165 cm³/mol. The van der Waals surface area contributed by atoms with Gasteiger partial charge in [0.2, 0.25) is 5.91 Å². The SMILES string of the molecule is NC(=O)[C@H](CC(=O)[C@@H](Cc1ccc(O)c([N+](=O)[O-])c1)NC(=O)C1O[C@@H]1C(=O)CCCc1ccc(O)cc1)C1Cc2ccccc2C1. The molecule has 1 fully saturated rings. The molecular weight excluding hydrogens is 594 g/mol. The Morgan fingerprint density at radius 3 is 2.24 bits per heavy atom. The van der Waals surface area contributed by atoms with Crippen LogP contribution in [0.5, 0.6) is 11.5 Å². The Hall–Kier alpha value is -5.10. The number of phenolic OH excluding ortho intramolecular Hbond substituents is 2. The molecule has 1 unspecified atom stereocenters. The highest BCUT2D eigenvalue weighted by Gasteiger charge is 2.50. The number of aromatic hydroxyl groups is 2. The summed E-state index contributed by atoms with van der Waals surface area (Å²) in [6, 6.07) is 16.8. The lowest BCUT2D eigenvalue weighted by molar-refractivity contribution is -0.385. The first-order chi connectivity index (χ1) is 22.0. The molecule has 4 atom stereocenters. The molecule has 12 heteroatoms. The van der Waals surface area contributed by atoms with Gasteiger partial charge in [0.05, 0.1) is 11.0 Å². The van der Waals surface area contributed by atoms with E-state index >= 15 is 0 Å². The topological polar surface area (TPSA) is 202 Å². The summed E-state index contributed by atoms with van der Waals surface area (Å²) in [4.78, 5) is 62.9. The normalized spacial score (nSPS) is 18.3. The number of hydrogen-bond donors (Lipinski definition) is 4. The number of ketones is 2. The molecule has 0 bridgehead atoms. The van der Waals surface area contributed by atoms with E-state index in [4.69, 9.17) is 10.5 Å². The number of fused-ring (bicyclic) bond motifs is 1. The average Bonchev–Trinajstić information content (AvgIpc) is 3.72. The number of primary amides is 1. The van der Waals surface area contributed by atoms with Crippen LogP contribution in [0.25, 0.3) is 0 Å². The van der Waals surface area contributed by atoms with Crippen LogP contribution in [-0.2, 0) is 49.6 Å². The lowest BCUT2D eigenvalue weighted by Gasteiger charge is -2.23. The van der Waals surface area contributed by atoms with Crippen molar-refractivity contribution in [1.29, 1.82) is 0 Å². The highest BCUT2D eigenvalue weighted by Crippen LogP contribution is 2.34. The zero-order valence-electron chi connectivity index (χ0n) is 25.0. The number of nitro benzene ring substituents is 1. The van der Waals surface area contributed by atoms with Gasteiger partial charge in [-0.2, -0.15) is 0 Å². The van der Waals surface area contributed by atoms with Crippen LogP contribution in [0.4, 0.5) is 5.69 Å². The Labute approximate surface area is 264 Å². The van der Waals surface area contributed by atoms with Crippen LogP contribution in [0.15, 0.2) is 66.7 Å². The molecule has 1 aliphatic heterocycles. The molecule has 46 heavy (non-hydrogen) atoms. The minimum absolute atomic E-state index is 0.148. The van der Waals surface area contributed by atoms with Crippen LogP contribution < -0.4 is 11.1 Å². The summed E-state index contributed by atoms with van der Waals surface area (Å²) in [7, 11) is 0. The molecule has 0 spiro atoms. The van der Waals surface area contributed by atoms with Crippen molar-refractivity contribution in [2.75, 3.05) is 0 Å². The number of amides is 2. The van der Waals surface area contributed by atoms with Crippen LogP contribution in [0.3, 0.4) is 0 Å². The van der Waals surface area contributed by atoms with Crippen molar-refractivity contribution in [3.05, 3.63) is 99.1 Å². The van der Waals surface area contributed by atoms with Crippen LogP contribution in [-0.4, -0.2) is 56.8 Å². The Balaban J connectivity index is 1.25. The number of nitrogens with one attached hydrogen (secondary N) is 1. The van der Waals surface area contributed by atoms with Crippen LogP contribution >= 0.6 is 0 Å². The van der Waals surface area contributed by atoms with E-state index in [1.807, 2.05) is 24.3 Å². The van der Waals surface area contributed by atoms with Gasteiger partial charge in [0.15, 0.2) is 29.5 Å². The minimum atomic E-state index is -1.21. The van der Waals surface area contributed by atoms with Gasteiger partial charge in [-0.3, -0.25) is 29.3 Å². The quantitative estimate of drug-likeness (QED) is 0.111. The van der Waals surface area contributed by atoms with E-state index in [1.54, 1.807) is 24.3 Å². The van der Waals surface area contributed by atoms with Gasteiger partial charge in [0, 0.05) is 24.8 Å². The number of benzene rings is 3. The molecular formula is C34H35N3O9. The van der Waals surface area contributed by atoms with Crippen molar-refractivity contribution in [2.45, 2.75) is 63.2 Å². The molecule has 12 nitrogen and oxygen atoms in total. The highest BCUT2D eigenvalue weighted by molar-refractivity contribution is 5.98. The number of nitro groups is 1. The number of carbonyl (C=O) groups excluding carboxylic acids is 4. The number of nitrogens with zero attached hydrogens (tertiary/aromatic N) is 1. The minimum Gasteiger partial charge on any atom is -0.508 e. The van der Waals surface area contributed by atoms with Crippen molar-refractivity contribution in [3.63, 3.8) is 0 Å². The summed E-state index contributed by atoms with van der Waals surface area (Å²) in [5, 5.41) is 33.3. The summed E-state index contributed by atoms with van der Waals surface area (Å²) >= 11 is 0. The second-order valence-corrected chi connectivity index (χ2v) is 11.9. The molecule has 1 aliphatic carbocycles. The zero-order valence-corrected chi connectivity index (χ0v) is 25.0. The van der Waals surface area contributed by atoms with E-state index in [0.717, 1.165) is 28.8 Å². The Bertz CT molecular complexity index is 1630.